The molecule has 5 nitrogen and oxygen atoms in total. The van der Waals surface area contributed by atoms with E-state index >= 15 is 0 Å². The Morgan fingerprint density at radius 1 is 1.38 bits per heavy atom. The van der Waals surface area contributed by atoms with Crippen LogP contribution in [0.25, 0.3) is 11.4 Å². The van der Waals surface area contributed by atoms with E-state index in [-0.39, 0.29) is 11.8 Å². The second kappa shape index (κ2) is 3.84. The Bertz CT molecular complexity index is 504. The Labute approximate surface area is 93.5 Å². The van der Waals surface area contributed by atoms with Crippen LogP contribution in [0.5, 0.6) is 5.75 Å². The summed E-state index contributed by atoms with van der Waals surface area (Å²) in [5.74, 6) is 0.834. The molecule has 0 saturated heterocycles. The van der Waals surface area contributed by atoms with Gasteiger partial charge in [0.1, 0.15) is 12.1 Å². The SMILES string of the molecule is CC(C)n1cnnc1-c1ccc(O)c(N)c1. The predicted molar refractivity (Wildman–Crippen MR) is 61.9 cm³/mol. The first-order valence-electron chi connectivity index (χ1n) is 5.08. The third kappa shape index (κ3) is 1.71. The Morgan fingerprint density at radius 3 is 2.75 bits per heavy atom. The van der Waals surface area contributed by atoms with Crippen LogP contribution in [0.2, 0.25) is 0 Å². The molecule has 5 heteroatoms. The lowest BCUT2D eigenvalue weighted by molar-refractivity contribution is 0.478. The number of anilines is 1. The van der Waals surface area contributed by atoms with Gasteiger partial charge >= 0.3 is 0 Å². The number of aromatic nitrogens is 3. The van der Waals surface area contributed by atoms with Crippen LogP contribution in [0.3, 0.4) is 0 Å². The van der Waals surface area contributed by atoms with Crippen LogP contribution < -0.4 is 5.73 Å². The predicted octanol–water partition coefficient (Wildman–Crippen LogP) is 1.81. The second-order valence-electron chi connectivity index (χ2n) is 3.93. The molecule has 0 unspecified atom stereocenters. The highest BCUT2D eigenvalue weighted by molar-refractivity contribution is 5.65. The molecule has 0 saturated carbocycles. The average molecular weight is 218 g/mol. The molecule has 3 N–H and O–H groups in total. The first kappa shape index (κ1) is 10.5. The lowest BCUT2D eigenvalue weighted by atomic mass is 10.1. The fourth-order valence-electron chi connectivity index (χ4n) is 1.52. The van der Waals surface area contributed by atoms with Gasteiger partial charge in [-0.3, -0.25) is 0 Å². The molecular weight excluding hydrogens is 204 g/mol. The van der Waals surface area contributed by atoms with Gasteiger partial charge in [-0.05, 0) is 32.0 Å². The van der Waals surface area contributed by atoms with Gasteiger partial charge in [-0.1, -0.05) is 0 Å². The summed E-state index contributed by atoms with van der Waals surface area (Å²) in [6.45, 7) is 4.10. The van der Waals surface area contributed by atoms with Gasteiger partial charge in [-0.25, -0.2) is 0 Å². The van der Waals surface area contributed by atoms with Gasteiger partial charge in [-0.15, -0.1) is 10.2 Å². The monoisotopic (exact) mass is 218 g/mol. The molecule has 1 heterocycles. The number of phenols is 1. The summed E-state index contributed by atoms with van der Waals surface area (Å²) >= 11 is 0. The molecule has 16 heavy (non-hydrogen) atoms. The molecule has 0 radical (unpaired) electrons. The summed E-state index contributed by atoms with van der Waals surface area (Å²) in [5.41, 5.74) is 6.84. The molecule has 0 spiro atoms. The standard InChI is InChI=1S/C11H14N4O/c1-7(2)15-6-13-14-11(15)8-3-4-10(16)9(12)5-8/h3-7,16H,12H2,1-2H3. The highest BCUT2D eigenvalue weighted by Crippen LogP contribution is 2.27. The molecule has 0 amide bonds. The van der Waals surface area contributed by atoms with E-state index in [1.807, 2.05) is 4.57 Å². The molecule has 1 aromatic carbocycles. The molecule has 0 fully saturated rings. The van der Waals surface area contributed by atoms with E-state index in [1.54, 1.807) is 24.5 Å². The summed E-state index contributed by atoms with van der Waals surface area (Å²) in [7, 11) is 0. The molecule has 0 aliphatic carbocycles. The zero-order valence-electron chi connectivity index (χ0n) is 9.25. The summed E-state index contributed by atoms with van der Waals surface area (Å²) in [4.78, 5) is 0. The van der Waals surface area contributed by atoms with Gasteiger partial charge in [0.15, 0.2) is 5.82 Å². The fraction of sp³-hybridized carbons (Fsp3) is 0.273. The average Bonchev–Trinajstić information content (AvgIpc) is 2.71. The Balaban J connectivity index is 2.50. The Morgan fingerprint density at radius 2 is 2.12 bits per heavy atom. The molecule has 0 aliphatic rings. The van der Waals surface area contributed by atoms with Crippen molar-refractivity contribution < 1.29 is 5.11 Å². The van der Waals surface area contributed by atoms with Crippen molar-refractivity contribution in [2.45, 2.75) is 19.9 Å². The van der Waals surface area contributed by atoms with Gasteiger partial charge in [0.2, 0.25) is 0 Å². The van der Waals surface area contributed by atoms with E-state index in [1.165, 1.54) is 0 Å². The number of nitrogens with zero attached hydrogens (tertiary/aromatic N) is 3. The number of rotatable bonds is 2. The molecule has 0 aliphatic heterocycles. The Kier molecular flexibility index (Phi) is 2.52. The van der Waals surface area contributed by atoms with Crippen molar-refractivity contribution in [1.82, 2.24) is 14.8 Å². The zero-order chi connectivity index (χ0) is 11.7. The van der Waals surface area contributed by atoms with Crippen LogP contribution in [0.4, 0.5) is 5.69 Å². The van der Waals surface area contributed by atoms with Crippen molar-refractivity contribution >= 4 is 5.69 Å². The summed E-state index contributed by atoms with van der Waals surface area (Å²) in [6.07, 6.45) is 1.68. The van der Waals surface area contributed by atoms with Gasteiger partial charge < -0.3 is 15.4 Å². The lowest BCUT2D eigenvalue weighted by Crippen LogP contribution is -2.02. The largest absolute Gasteiger partial charge is 0.506 e. The molecule has 0 bridgehead atoms. The smallest absolute Gasteiger partial charge is 0.164 e. The number of benzene rings is 1. The van der Waals surface area contributed by atoms with Crippen molar-refractivity contribution in [2.75, 3.05) is 5.73 Å². The maximum Gasteiger partial charge on any atom is 0.164 e. The topological polar surface area (TPSA) is 77.0 Å². The summed E-state index contributed by atoms with van der Waals surface area (Å²) < 4.78 is 1.95. The third-order valence-corrected chi connectivity index (χ3v) is 2.42. The van der Waals surface area contributed by atoms with Crippen LogP contribution in [-0.4, -0.2) is 19.9 Å². The first-order valence-corrected chi connectivity index (χ1v) is 5.08. The summed E-state index contributed by atoms with van der Waals surface area (Å²) in [5, 5.41) is 17.3. The van der Waals surface area contributed by atoms with E-state index in [0.717, 1.165) is 11.4 Å². The highest BCUT2D eigenvalue weighted by atomic mass is 16.3. The van der Waals surface area contributed by atoms with E-state index in [9.17, 15) is 5.11 Å². The first-order chi connectivity index (χ1) is 7.59. The molecule has 2 aromatic rings. The van der Waals surface area contributed by atoms with E-state index < -0.39 is 0 Å². The highest BCUT2D eigenvalue weighted by Gasteiger charge is 2.10. The summed E-state index contributed by atoms with van der Waals surface area (Å²) in [6, 6.07) is 5.30. The van der Waals surface area contributed by atoms with Gasteiger partial charge in [0.05, 0.1) is 5.69 Å². The maximum atomic E-state index is 9.35. The molecule has 84 valence electrons. The normalized spacial score (nSPS) is 10.9. The number of hydrogen-bond donors (Lipinski definition) is 2. The van der Waals surface area contributed by atoms with Gasteiger partial charge in [0.25, 0.3) is 0 Å². The Hall–Kier alpha value is -2.04. The minimum atomic E-state index is 0.0827. The number of nitrogens with two attached hydrogens (primary N) is 1. The zero-order valence-corrected chi connectivity index (χ0v) is 9.25. The van der Waals surface area contributed by atoms with Crippen molar-refractivity contribution in [2.24, 2.45) is 0 Å². The number of phenolic OH excluding ortho intramolecular Hbond substituents is 1. The van der Waals surface area contributed by atoms with Crippen molar-refractivity contribution in [1.29, 1.82) is 0 Å². The molecule has 0 atom stereocenters. The molecule has 1 aromatic heterocycles. The second-order valence-corrected chi connectivity index (χ2v) is 3.93. The van der Waals surface area contributed by atoms with Gasteiger partial charge in [-0.2, -0.15) is 0 Å². The minimum absolute atomic E-state index is 0.0827. The number of nitrogen functional groups attached to an aromatic ring is 1. The number of hydrogen-bond acceptors (Lipinski definition) is 4. The van der Waals surface area contributed by atoms with E-state index in [4.69, 9.17) is 5.73 Å². The maximum absolute atomic E-state index is 9.35. The van der Waals surface area contributed by atoms with Crippen LogP contribution >= 0.6 is 0 Å². The fourth-order valence-corrected chi connectivity index (χ4v) is 1.52. The molecular formula is C11H14N4O. The minimum Gasteiger partial charge on any atom is -0.506 e. The van der Waals surface area contributed by atoms with Crippen molar-refractivity contribution in [3.05, 3.63) is 24.5 Å². The lowest BCUT2D eigenvalue weighted by Gasteiger charge is -2.10. The molecule has 2 rings (SSSR count). The van der Waals surface area contributed by atoms with Crippen molar-refractivity contribution in [3.8, 4) is 17.1 Å². The van der Waals surface area contributed by atoms with Gasteiger partial charge in [0, 0.05) is 11.6 Å². The van der Waals surface area contributed by atoms with E-state index in [0.29, 0.717) is 5.69 Å². The van der Waals surface area contributed by atoms with Crippen LogP contribution in [-0.2, 0) is 0 Å². The van der Waals surface area contributed by atoms with Crippen LogP contribution in [0.15, 0.2) is 24.5 Å². The quantitative estimate of drug-likeness (QED) is 0.595. The third-order valence-electron chi connectivity index (χ3n) is 2.42. The van der Waals surface area contributed by atoms with E-state index in [2.05, 4.69) is 24.0 Å². The van der Waals surface area contributed by atoms with Crippen molar-refractivity contribution in [3.63, 3.8) is 0 Å². The van der Waals surface area contributed by atoms with Crippen LogP contribution in [0.1, 0.15) is 19.9 Å². The number of aromatic hydroxyl groups is 1. The van der Waals surface area contributed by atoms with Crippen LogP contribution in [0, 0.1) is 0 Å².